The van der Waals surface area contributed by atoms with Gasteiger partial charge in [0.1, 0.15) is 17.1 Å². The van der Waals surface area contributed by atoms with Crippen LogP contribution in [-0.2, 0) is 9.59 Å². The minimum atomic E-state index is -0.531. The summed E-state index contributed by atoms with van der Waals surface area (Å²) in [7, 11) is 3.10. The highest BCUT2D eigenvalue weighted by atomic mass is 16.5. The van der Waals surface area contributed by atoms with E-state index in [1.54, 1.807) is 68.8 Å². The van der Waals surface area contributed by atoms with Crippen LogP contribution in [0, 0.1) is 0 Å². The molecule has 2 N–H and O–H groups in total. The molecule has 0 saturated carbocycles. The van der Waals surface area contributed by atoms with E-state index in [1.807, 2.05) is 24.3 Å². The van der Waals surface area contributed by atoms with Crippen LogP contribution in [0.5, 0.6) is 11.5 Å². The molecule has 0 bridgehead atoms. The second-order valence-electron chi connectivity index (χ2n) is 7.75. The summed E-state index contributed by atoms with van der Waals surface area (Å²) in [6.07, 6.45) is 1.58. The van der Waals surface area contributed by atoms with Crippen LogP contribution < -0.4 is 20.1 Å². The average molecular weight is 445 g/mol. The Labute approximate surface area is 194 Å². The Bertz CT molecular complexity index is 1090. The van der Waals surface area contributed by atoms with E-state index in [4.69, 9.17) is 9.47 Å². The summed E-state index contributed by atoms with van der Waals surface area (Å²) >= 11 is 0. The number of methoxy groups -OCH3 is 2. The average Bonchev–Trinajstić information content (AvgIpc) is 2.82. The second-order valence-corrected chi connectivity index (χ2v) is 7.75. The van der Waals surface area contributed by atoms with Gasteiger partial charge in [-0.2, -0.15) is 0 Å². The van der Waals surface area contributed by atoms with E-state index in [2.05, 4.69) is 24.5 Å². The first kappa shape index (κ1) is 23.6. The molecule has 0 atom stereocenters. The lowest BCUT2D eigenvalue weighted by Crippen LogP contribution is -2.25. The lowest BCUT2D eigenvalue weighted by Gasteiger charge is -2.12. The number of amides is 2. The largest absolute Gasteiger partial charge is 0.497 e. The predicted molar refractivity (Wildman–Crippen MR) is 132 cm³/mol. The summed E-state index contributed by atoms with van der Waals surface area (Å²) in [5.74, 6) is 0.523. The van der Waals surface area contributed by atoms with Gasteiger partial charge in [-0.1, -0.05) is 50.2 Å². The summed E-state index contributed by atoms with van der Waals surface area (Å²) in [6.45, 7) is 4.22. The lowest BCUT2D eigenvalue weighted by atomic mass is 10.0. The Kier molecular flexibility index (Phi) is 7.86. The smallest absolute Gasteiger partial charge is 0.261 e. The van der Waals surface area contributed by atoms with Gasteiger partial charge in [0.2, 0.25) is 0 Å². The fourth-order valence-electron chi connectivity index (χ4n) is 3.18. The second kappa shape index (κ2) is 11.0. The van der Waals surface area contributed by atoms with E-state index < -0.39 is 11.8 Å². The summed E-state index contributed by atoms with van der Waals surface area (Å²) in [5, 5.41) is 5.57. The van der Waals surface area contributed by atoms with E-state index in [-0.39, 0.29) is 5.57 Å². The molecular weight excluding hydrogens is 416 g/mol. The molecule has 6 heteroatoms. The fourth-order valence-corrected chi connectivity index (χ4v) is 3.18. The van der Waals surface area contributed by atoms with Crippen molar-refractivity contribution in [2.24, 2.45) is 0 Å². The lowest BCUT2D eigenvalue weighted by molar-refractivity contribution is -0.118. The minimum Gasteiger partial charge on any atom is -0.497 e. The van der Waals surface area contributed by atoms with E-state index >= 15 is 0 Å². The van der Waals surface area contributed by atoms with Crippen molar-refractivity contribution < 1.29 is 19.1 Å². The van der Waals surface area contributed by atoms with Gasteiger partial charge in [0.05, 0.1) is 14.2 Å². The standard InChI is InChI=1S/C27H28N2O4/c1-18(2)20-13-11-19(12-14-20)15-25(26(30)28-21-7-5-9-23(16-21)32-3)27(31)29-22-8-6-10-24(17-22)33-4/h5-18H,1-4H3,(H,28,30)(H,29,31). The Morgan fingerprint density at radius 3 is 1.67 bits per heavy atom. The molecule has 0 aliphatic rings. The molecule has 0 heterocycles. The third-order valence-electron chi connectivity index (χ3n) is 5.06. The molecule has 0 aromatic heterocycles. The Morgan fingerprint density at radius 1 is 0.758 bits per heavy atom. The van der Waals surface area contributed by atoms with Crippen LogP contribution in [0.2, 0.25) is 0 Å². The topological polar surface area (TPSA) is 76.7 Å². The highest BCUT2D eigenvalue weighted by molar-refractivity contribution is 6.28. The van der Waals surface area contributed by atoms with Gasteiger partial charge in [-0.3, -0.25) is 9.59 Å². The first-order valence-corrected chi connectivity index (χ1v) is 10.6. The zero-order chi connectivity index (χ0) is 23.8. The van der Waals surface area contributed by atoms with Gasteiger partial charge in [-0.25, -0.2) is 0 Å². The third-order valence-corrected chi connectivity index (χ3v) is 5.06. The Hall–Kier alpha value is -4.06. The quantitative estimate of drug-likeness (QED) is 0.274. The molecule has 0 radical (unpaired) electrons. The molecule has 3 aromatic carbocycles. The van der Waals surface area contributed by atoms with Gasteiger partial charge in [0.25, 0.3) is 11.8 Å². The van der Waals surface area contributed by atoms with Crippen LogP contribution in [0.1, 0.15) is 30.9 Å². The molecule has 0 spiro atoms. The molecule has 3 aromatic rings. The van der Waals surface area contributed by atoms with Gasteiger partial charge in [0, 0.05) is 23.5 Å². The number of nitrogens with one attached hydrogen (secondary N) is 2. The molecule has 0 fully saturated rings. The Morgan fingerprint density at radius 2 is 1.24 bits per heavy atom. The van der Waals surface area contributed by atoms with Crippen molar-refractivity contribution in [3.05, 3.63) is 89.5 Å². The fraction of sp³-hybridized carbons (Fsp3) is 0.185. The predicted octanol–water partition coefficient (Wildman–Crippen LogP) is 5.49. The first-order chi connectivity index (χ1) is 15.9. The number of hydrogen-bond donors (Lipinski definition) is 2. The zero-order valence-electron chi connectivity index (χ0n) is 19.2. The molecule has 33 heavy (non-hydrogen) atoms. The SMILES string of the molecule is COc1cccc(NC(=O)C(=Cc2ccc(C(C)C)cc2)C(=O)Nc2cccc(OC)c2)c1. The number of benzene rings is 3. The highest BCUT2D eigenvalue weighted by Gasteiger charge is 2.19. The Balaban J connectivity index is 1.91. The van der Waals surface area contributed by atoms with Crippen LogP contribution in [0.15, 0.2) is 78.4 Å². The number of ether oxygens (including phenoxy) is 2. The van der Waals surface area contributed by atoms with Crippen molar-refractivity contribution in [2.75, 3.05) is 24.9 Å². The molecule has 3 rings (SSSR count). The van der Waals surface area contributed by atoms with Gasteiger partial charge in [-0.15, -0.1) is 0 Å². The minimum absolute atomic E-state index is 0.0297. The molecule has 0 aliphatic heterocycles. The van der Waals surface area contributed by atoms with Crippen molar-refractivity contribution in [3.63, 3.8) is 0 Å². The van der Waals surface area contributed by atoms with Crippen molar-refractivity contribution >= 4 is 29.3 Å². The molecule has 0 unspecified atom stereocenters. The number of carbonyl (C=O) groups is 2. The monoisotopic (exact) mass is 444 g/mol. The van der Waals surface area contributed by atoms with Crippen molar-refractivity contribution in [1.82, 2.24) is 0 Å². The zero-order valence-corrected chi connectivity index (χ0v) is 19.2. The number of rotatable bonds is 8. The van der Waals surface area contributed by atoms with Crippen LogP contribution in [0.25, 0.3) is 6.08 Å². The molecule has 170 valence electrons. The van der Waals surface area contributed by atoms with E-state index in [9.17, 15) is 9.59 Å². The van der Waals surface area contributed by atoms with Crippen molar-refractivity contribution in [3.8, 4) is 11.5 Å². The van der Waals surface area contributed by atoms with Crippen molar-refractivity contribution in [2.45, 2.75) is 19.8 Å². The molecular formula is C27H28N2O4. The third kappa shape index (κ3) is 6.46. The van der Waals surface area contributed by atoms with E-state index in [0.717, 1.165) is 5.56 Å². The van der Waals surface area contributed by atoms with Crippen LogP contribution in [0.3, 0.4) is 0 Å². The van der Waals surface area contributed by atoms with E-state index in [1.165, 1.54) is 5.56 Å². The number of anilines is 2. The van der Waals surface area contributed by atoms with Crippen molar-refractivity contribution in [1.29, 1.82) is 0 Å². The van der Waals surface area contributed by atoms with Crippen LogP contribution >= 0.6 is 0 Å². The normalized spacial score (nSPS) is 10.3. The maximum Gasteiger partial charge on any atom is 0.261 e. The number of hydrogen-bond acceptors (Lipinski definition) is 4. The maximum absolute atomic E-state index is 13.1. The first-order valence-electron chi connectivity index (χ1n) is 10.6. The van der Waals surface area contributed by atoms with E-state index in [0.29, 0.717) is 28.8 Å². The molecule has 6 nitrogen and oxygen atoms in total. The van der Waals surface area contributed by atoms with Crippen LogP contribution in [0.4, 0.5) is 11.4 Å². The van der Waals surface area contributed by atoms with Gasteiger partial charge >= 0.3 is 0 Å². The van der Waals surface area contributed by atoms with Crippen LogP contribution in [-0.4, -0.2) is 26.0 Å². The summed E-state index contributed by atoms with van der Waals surface area (Å²) in [4.78, 5) is 26.3. The van der Waals surface area contributed by atoms with Gasteiger partial charge in [0.15, 0.2) is 0 Å². The number of carbonyl (C=O) groups excluding carboxylic acids is 2. The molecule has 0 aliphatic carbocycles. The molecule has 2 amide bonds. The summed E-state index contributed by atoms with van der Waals surface area (Å²) < 4.78 is 10.4. The summed E-state index contributed by atoms with van der Waals surface area (Å²) in [6, 6.07) is 21.7. The summed E-state index contributed by atoms with van der Waals surface area (Å²) in [5.41, 5.74) is 2.94. The maximum atomic E-state index is 13.1. The van der Waals surface area contributed by atoms with Gasteiger partial charge in [-0.05, 0) is 47.4 Å². The molecule has 0 saturated heterocycles. The highest BCUT2D eigenvalue weighted by Crippen LogP contribution is 2.21. The van der Waals surface area contributed by atoms with Gasteiger partial charge < -0.3 is 20.1 Å².